The smallest absolute Gasteiger partial charge is 0.257 e. The van der Waals surface area contributed by atoms with Crippen LogP contribution < -0.4 is 15.4 Å². The molecule has 3 aromatic rings. The van der Waals surface area contributed by atoms with E-state index in [1.54, 1.807) is 60.7 Å². The zero-order chi connectivity index (χ0) is 22.2. The topological polar surface area (TPSA) is 87.7 Å². The number of rotatable bonds is 8. The van der Waals surface area contributed by atoms with E-state index in [1.165, 1.54) is 0 Å². The van der Waals surface area contributed by atoms with Crippen LogP contribution in [0.15, 0.2) is 72.8 Å². The molecule has 3 aromatic carbocycles. The molecule has 0 spiro atoms. The number of hydrogen-bond acceptors (Lipinski definition) is 4. The molecule has 0 unspecified atom stereocenters. The van der Waals surface area contributed by atoms with Gasteiger partial charge in [0.05, 0.1) is 17.4 Å². The van der Waals surface area contributed by atoms with Crippen LogP contribution in [-0.2, 0) is 6.42 Å². The lowest BCUT2D eigenvalue weighted by Crippen LogP contribution is -2.18. The highest BCUT2D eigenvalue weighted by Gasteiger charge is 2.14. The molecular weight excluding hydrogens is 392 g/mol. The first-order chi connectivity index (χ1) is 15.0. The van der Waals surface area contributed by atoms with Crippen LogP contribution in [0, 0.1) is 0 Å². The van der Waals surface area contributed by atoms with Gasteiger partial charge in [0.1, 0.15) is 5.75 Å². The Kier molecular flexibility index (Phi) is 7.40. The highest BCUT2D eigenvalue weighted by atomic mass is 16.5. The third-order valence-corrected chi connectivity index (χ3v) is 4.52. The highest BCUT2D eigenvalue weighted by molar-refractivity contribution is 6.12. The monoisotopic (exact) mass is 418 g/mol. The number of carbonyl (C=O) groups excluding carboxylic acids is 2. The first-order valence-corrected chi connectivity index (χ1v) is 10.1. The Morgan fingerprint density at radius 2 is 1.55 bits per heavy atom. The maximum absolute atomic E-state index is 12.8. The molecule has 0 fully saturated rings. The number of aliphatic hydroxyl groups is 1. The summed E-state index contributed by atoms with van der Waals surface area (Å²) < 4.78 is 5.60. The number of hydrogen-bond donors (Lipinski definition) is 3. The molecule has 0 aromatic heterocycles. The number of ether oxygens (including phenoxy) is 1. The molecule has 3 N–H and O–H groups in total. The van der Waals surface area contributed by atoms with Gasteiger partial charge in [0.15, 0.2) is 0 Å². The molecule has 0 heterocycles. The average Bonchev–Trinajstić information content (AvgIpc) is 2.75. The first-order valence-electron chi connectivity index (χ1n) is 10.1. The second-order valence-electron chi connectivity index (χ2n) is 7.32. The molecule has 0 aliphatic rings. The van der Waals surface area contributed by atoms with Gasteiger partial charge in [-0.05, 0) is 74.4 Å². The summed E-state index contributed by atoms with van der Waals surface area (Å²) in [6.45, 7) is 3.95. The summed E-state index contributed by atoms with van der Waals surface area (Å²) in [5.74, 6) is 0.0486. The van der Waals surface area contributed by atoms with Crippen molar-refractivity contribution in [1.29, 1.82) is 0 Å². The molecule has 0 aliphatic carbocycles. The maximum Gasteiger partial charge on any atom is 0.257 e. The van der Waals surface area contributed by atoms with E-state index < -0.39 is 0 Å². The van der Waals surface area contributed by atoms with Crippen molar-refractivity contribution in [3.63, 3.8) is 0 Å². The number of para-hydroxylation sites is 1. The molecule has 0 radical (unpaired) electrons. The van der Waals surface area contributed by atoms with Gasteiger partial charge in [-0.1, -0.05) is 24.3 Å². The van der Waals surface area contributed by atoms with Gasteiger partial charge in [0.2, 0.25) is 0 Å². The van der Waals surface area contributed by atoms with Gasteiger partial charge in [0, 0.05) is 17.9 Å². The van der Waals surface area contributed by atoms with Gasteiger partial charge in [0.25, 0.3) is 11.8 Å². The van der Waals surface area contributed by atoms with Gasteiger partial charge in [-0.3, -0.25) is 9.59 Å². The van der Waals surface area contributed by atoms with Crippen LogP contribution in [0.4, 0.5) is 11.4 Å². The second kappa shape index (κ2) is 10.4. The Morgan fingerprint density at radius 1 is 0.871 bits per heavy atom. The van der Waals surface area contributed by atoms with E-state index in [9.17, 15) is 9.59 Å². The predicted octanol–water partition coefficient (Wildman–Crippen LogP) is 4.51. The van der Waals surface area contributed by atoms with Crippen LogP contribution in [0.25, 0.3) is 0 Å². The molecule has 2 amide bonds. The van der Waals surface area contributed by atoms with Crippen molar-refractivity contribution in [3.8, 4) is 5.75 Å². The summed E-state index contributed by atoms with van der Waals surface area (Å²) in [4.78, 5) is 25.5. The van der Waals surface area contributed by atoms with Gasteiger partial charge in [-0.15, -0.1) is 0 Å². The zero-order valence-electron chi connectivity index (χ0n) is 17.6. The summed E-state index contributed by atoms with van der Waals surface area (Å²) in [6.07, 6.45) is 0.615. The minimum absolute atomic E-state index is 0.0518. The van der Waals surface area contributed by atoms with E-state index in [0.717, 1.165) is 5.56 Å². The SMILES string of the molecule is CC(C)Oc1ccc(C(=O)Nc2ccccc2C(=O)Nc2ccc(CCO)cc2)cc1. The molecule has 31 heavy (non-hydrogen) atoms. The predicted molar refractivity (Wildman–Crippen MR) is 122 cm³/mol. The quantitative estimate of drug-likeness (QED) is 0.502. The summed E-state index contributed by atoms with van der Waals surface area (Å²) in [5, 5.41) is 14.7. The highest BCUT2D eigenvalue weighted by Crippen LogP contribution is 2.20. The van der Waals surface area contributed by atoms with E-state index in [0.29, 0.717) is 34.7 Å². The van der Waals surface area contributed by atoms with Gasteiger partial charge < -0.3 is 20.5 Å². The van der Waals surface area contributed by atoms with Gasteiger partial charge >= 0.3 is 0 Å². The molecule has 6 nitrogen and oxygen atoms in total. The fraction of sp³-hybridized carbons (Fsp3) is 0.200. The zero-order valence-corrected chi connectivity index (χ0v) is 17.6. The molecular formula is C25H26N2O4. The Balaban J connectivity index is 1.70. The normalized spacial score (nSPS) is 10.6. The minimum atomic E-state index is -0.327. The lowest BCUT2D eigenvalue weighted by Gasteiger charge is -2.13. The Morgan fingerprint density at radius 3 is 2.19 bits per heavy atom. The van der Waals surface area contributed by atoms with E-state index in [1.807, 2.05) is 26.0 Å². The molecule has 0 saturated heterocycles. The molecule has 6 heteroatoms. The van der Waals surface area contributed by atoms with Crippen molar-refractivity contribution < 1.29 is 19.4 Å². The second-order valence-corrected chi connectivity index (χ2v) is 7.32. The Bertz CT molecular complexity index is 1030. The largest absolute Gasteiger partial charge is 0.491 e. The maximum atomic E-state index is 12.8. The van der Waals surface area contributed by atoms with E-state index in [-0.39, 0.29) is 24.5 Å². The lowest BCUT2D eigenvalue weighted by molar-refractivity contribution is 0.102. The number of benzene rings is 3. The van der Waals surface area contributed by atoms with Gasteiger partial charge in [-0.25, -0.2) is 0 Å². The molecule has 160 valence electrons. The summed E-state index contributed by atoms with van der Waals surface area (Å²) >= 11 is 0. The number of aliphatic hydroxyl groups excluding tert-OH is 1. The van der Waals surface area contributed by atoms with E-state index in [2.05, 4.69) is 10.6 Å². The number of carbonyl (C=O) groups is 2. The minimum Gasteiger partial charge on any atom is -0.491 e. The molecule has 3 rings (SSSR count). The van der Waals surface area contributed by atoms with Crippen LogP contribution in [-0.4, -0.2) is 29.6 Å². The fourth-order valence-electron chi connectivity index (χ4n) is 3.02. The summed E-state index contributed by atoms with van der Waals surface area (Å²) in [7, 11) is 0. The molecule has 0 atom stereocenters. The molecule has 0 aliphatic heterocycles. The van der Waals surface area contributed by atoms with Crippen molar-refractivity contribution in [3.05, 3.63) is 89.5 Å². The number of nitrogens with one attached hydrogen (secondary N) is 2. The number of amides is 2. The number of anilines is 2. The summed E-state index contributed by atoms with van der Waals surface area (Å²) in [5.41, 5.74) is 2.86. The van der Waals surface area contributed by atoms with Crippen LogP contribution in [0.1, 0.15) is 40.1 Å². The van der Waals surface area contributed by atoms with Crippen LogP contribution in [0.3, 0.4) is 0 Å². The van der Waals surface area contributed by atoms with E-state index >= 15 is 0 Å². The Hall–Kier alpha value is -3.64. The summed E-state index contributed by atoms with van der Waals surface area (Å²) in [6, 6.07) is 21.0. The Labute approximate surface area is 181 Å². The van der Waals surface area contributed by atoms with Crippen LogP contribution in [0.5, 0.6) is 5.75 Å². The van der Waals surface area contributed by atoms with Crippen molar-refractivity contribution in [2.24, 2.45) is 0 Å². The first kappa shape index (κ1) is 22.1. The van der Waals surface area contributed by atoms with E-state index in [4.69, 9.17) is 9.84 Å². The van der Waals surface area contributed by atoms with Crippen LogP contribution in [0.2, 0.25) is 0 Å². The van der Waals surface area contributed by atoms with Crippen molar-refractivity contribution in [2.45, 2.75) is 26.4 Å². The fourth-order valence-corrected chi connectivity index (χ4v) is 3.02. The third-order valence-electron chi connectivity index (χ3n) is 4.52. The average molecular weight is 418 g/mol. The van der Waals surface area contributed by atoms with Gasteiger partial charge in [-0.2, -0.15) is 0 Å². The van der Waals surface area contributed by atoms with Crippen molar-refractivity contribution in [2.75, 3.05) is 17.2 Å². The lowest BCUT2D eigenvalue weighted by atomic mass is 10.1. The standard InChI is InChI=1S/C25H26N2O4/c1-17(2)31-21-13-9-19(10-14-21)24(29)27-23-6-4-3-5-22(23)25(30)26-20-11-7-18(8-12-20)15-16-28/h3-14,17,28H,15-16H2,1-2H3,(H,26,30)(H,27,29). The molecule has 0 saturated carbocycles. The van der Waals surface area contributed by atoms with Crippen LogP contribution >= 0.6 is 0 Å². The van der Waals surface area contributed by atoms with Crippen molar-refractivity contribution in [1.82, 2.24) is 0 Å². The molecule has 0 bridgehead atoms. The van der Waals surface area contributed by atoms with Crippen molar-refractivity contribution >= 4 is 23.2 Å². The third kappa shape index (κ3) is 6.17.